The van der Waals surface area contributed by atoms with Crippen molar-refractivity contribution in [3.8, 4) is 6.07 Å². The van der Waals surface area contributed by atoms with E-state index < -0.39 is 0 Å². The summed E-state index contributed by atoms with van der Waals surface area (Å²) in [6.07, 6.45) is 8.97. The van der Waals surface area contributed by atoms with Gasteiger partial charge in [0.1, 0.15) is 17.7 Å². The van der Waals surface area contributed by atoms with Crippen LogP contribution in [0.3, 0.4) is 0 Å². The minimum absolute atomic E-state index is 0.289. The Balaban J connectivity index is 1.58. The number of nitriles is 1. The Hall–Kier alpha value is -3.05. The highest BCUT2D eigenvalue weighted by molar-refractivity contribution is 5.84. The fraction of sp³-hybridized carbons (Fsp3) is 0.353. The Kier molecular flexibility index (Phi) is 4.23. The van der Waals surface area contributed by atoms with E-state index >= 15 is 0 Å². The lowest BCUT2D eigenvalue weighted by atomic mass is 10.0. The van der Waals surface area contributed by atoms with Crippen LogP contribution in [0.15, 0.2) is 29.6 Å². The van der Waals surface area contributed by atoms with Crippen molar-refractivity contribution in [2.24, 2.45) is 4.99 Å². The lowest BCUT2D eigenvalue weighted by molar-refractivity contribution is 0.456. The predicted molar refractivity (Wildman–Crippen MR) is 94.8 cm³/mol. The lowest BCUT2D eigenvalue weighted by Gasteiger charge is -2.36. The number of hydrogen-bond acceptors (Lipinski definition) is 8. The number of rotatable bonds is 3. The summed E-state index contributed by atoms with van der Waals surface area (Å²) in [5.41, 5.74) is 2.55. The fourth-order valence-corrected chi connectivity index (χ4v) is 3.15. The molecule has 8 heteroatoms. The molecule has 8 nitrogen and oxygen atoms in total. The maximum absolute atomic E-state index is 8.80. The minimum atomic E-state index is 0.289. The third kappa shape index (κ3) is 3.27. The first-order valence-electron chi connectivity index (χ1n) is 8.30. The molecule has 0 spiro atoms. The van der Waals surface area contributed by atoms with Crippen LogP contribution in [0.1, 0.15) is 24.1 Å². The summed E-state index contributed by atoms with van der Waals surface area (Å²) >= 11 is 0. The van der Waals surface area contributed by atoms with Crippen LogP contribution in [0.4, 0.5) is 17.3 Å². The molecule has 2 aliphatic rings. The average molecular weight is 334 g/mol. The Bertz CT molecular complexity index is 818. The highest BCUT2D eigenvalue weighted by Crippen LogP contribution is 2.30. The molecule has 25 heavy (non-hydrogen) atoms. The van der Waals surface area contributed by atoms with Gasteiger partial charge in [-0.3, -0.25) is 4.99 Å². The summed E-state index contributed by atoms with van der Waals surface area (Å²) in [6, 6.07) is 4.44. The highest BCUT2D eigenvalue weighted by Gasteiger charge is 2.24. The van der Waals surface area contributed by atoms with E-state index in [9.17, 15) is 0 Å². The SMILES string of the molecule is N#Cc1cnc(Nc2cc3c(cn2)CN=CN3C2CCNCC2)cn1. The monoisotopic (exact) mass is 334 g/mol. The molecule has 0 radical (unpaired) electrons. The van der Waals surface area contributed by atoms with Crippen molar-refractivity contribution in [3.63, 3.8) is 0 Å². The first kappa shape index (κ1) is 15.5. The topological polar surface area (TPSA) is 102 Å². The maximum Gasteiger partial charge on any atom is 0.158 e. The van der Waals surface area contributed by atoms with Crippen molar-refractivity contribution in [1.82, 2.24) is 20.3 Å². The molecule has 1 fully saturated rings. The number of aromatic nitrogens is 3. The summed E-state index contributed by atoms with van der Waals surface area (Å²) < 4.78 is 0. The van der Waals surface area contributed by atoms with Crippen molar-refractivity contribution in [1.29, 1.82) is 5.26 Å². The van der Waals surface area contributed by atoms with Gasteiger partial charge in [-0.15, -0.1) is 0 Å². The molecule has 0 atom stereocenters. The van der Waals surface area contributed by atoms with E-state index in [0.717, 1.165) is 37.2 Å². The van der Waals surface area contributed by atoms with E-state index in [1.54, 1.807) is 0 Å². The molecular weight excluding hydrogens is 316 g/mol. The number of hydrogen-bond donors (Lipinski definition) is 2. The second kappa shape index (κ2) is 6.83. The average Bonchev–Trinajstić information content (AvgIpc) is 2.69. The van der Waals surface area contributed by atoms with Crippen molar-refractivity contribution in [2.45, 2.75) is 25.4 Å². The molecule has 0 saturated carbocycles. The van der Waals surface area contributed by atoms with Crippen LogP contribution in [-0.4, -0.2) is 40.4 Å². The van der Waals surface area contributed by atoms with Crippen LogP contribution in [0.5, 0.6) is 0 Å². The number of nitrogens with one attached hydrogen (secondary N) is 2. The van der Waals surface area contributed by atoms with Crippen molar-refractivity contribution in [3.05, 3.63) is 35.9 Å². The molecule has 2 N–H and O–H groups in total. The molecule has 4 rings (SSSR count). The van der Waals surface area contributed by atoms with E-state index in [2.05, 4.69) is 35.5 Å². The summed E-state index contributed by atoms with van der Waals surface area (Å²) in [4.78, 5) is 19.4. The van der Waals surface area contributed by atoms with Crippen LogP contribution >= 0.6 is 0 Å². The van der Waals surface area contributed by atoms with E-state index in [1.807, 2.05) is 24.7 Å². The van der Waals surface area contributed by atoms with E-state index in [-0.39, 0.29) is 5.69 Å². The van der Waals surface area contributed by atoms with Crippen LogP contribution in [-0.2, 0) is 6.54 Å². The molecule has 0 aliphatic carbocycles. The predicted octanol–water partition coefficient (Wildman–Crippen LogP) is 1.59. The number of fused-ring (bicyclic) bond motifs is 1. The Morgan fingerprint density at radius 3 is 2.72 bits per heavy atom. The summed E-state index contributed by atoms with van der Waals surface area (Å²) in [6.45, 7) is 2.71. The summed E-state index contributed by atoms with van der Waals surface area (Å²) in [7, 11) is 0. The van der Waals surface area contributed by atoms with Gasteiger partial charge in [-0.2, -0.15) is 5.26 Å². The molecule has 4 heterocycles. The number of anilines is 3. The van der Waals surface area contributed by atoms with Gasteiger partial charge >= 0.3 is 0 Å². The van der Waals surface area contributed by atoms with Crippen LogP contribution in [0, 0.1) is 11.3 Å². The highest BCUT2D eigenvalue weighted by atomic mass is 15.2. The van der Waals surface area contributed by atoms with Crippen LogP contribution < -0.4 is 15.5 Å². The largest absolute Gasteiger partial charge is 0.329 e. The zero-order valence-electron chi connectivity index (χ0n) is 13.7. The molecule has 0 unspecified atom stereocenters. The molecule has 126 valence electrons. The van der Waals surface area contributed by atoms with Gasteiger partial charge in [0.05, 0.1) is 31.0 Å². The molecule has 1 saturated heterocycles. The number of pyridine rings is 1. The Labute approximate surface area is 145 Å². The van der Waals surface area contributed by atoms with E-state index in [1.165, 1.54) is 12.4 Å². The van der Waals surface area contributed by atoms with Gasteiger partial charge in [0.15, 0.2) is 5.69 Å². The van der Waals surface area contributed by atoms with Gasteiger partial charge in [-0.25, -0.2) is 15.0 Å². The first-order chi connectivity index (χ1) is 12.3. The summed E-state index contributed by atoms with van der Waals surface area (Å²) in [5, 5.41) is 15.3. The summed E-state index contributed by atoms with van der Waals surface area (Å²) in [5.74, 6) is 1.26. The fourth-order valence-electron chi connectivity index (χ4n) is 3.15. The number of aliphatic imine (C=N–C) groups is 1. The second-order valence-corrected chi connectivity index (χ2v) is 6.07. The zero-order chi connectivity index (χ0) is 17.1. The molecule has 2 aromatic rings. The first-order valence-corrected chi connectivity index (χ1v) is 8.30. The minimum Gasteiger partial charge on any atom is -0.329 e. The molecule has 0 aromatic carbocycles. The Morgan fingerprint density at radius 1 is 1.12 bits per heavy atom. The van der Waals surface area contributed by atoms with Crippen LogP contribution in [0.25, 0.3) is 0 Å². The zero-order valence-corrected chi connectivity index (χ0v) is 13.7. The Morgan fingerprint density at radius 2 is 1.96 bits per heavy atom. The van der Waals surface area contributed by atoms with Crippen LogP contribution in [0.2, 0.25) is 0 Å². The molecule has 2 aliphatic heterocycles. The van der Waals surface area contributed by atoms with Crippen molar-refractivity contribution in [2.75, 3.05) is 23.3 Å². The molecular formula is C17H18N8. The van der Waals surface area contributed by atoms with Gasteiger partial charge in [0.25, 0.3) is 0 Å². The van der Waals surface area contributed by atoms with Crippen molar-refractivity contribution >= 4 is 23.7 Å². The third-order valence-corrected chi connectivity index (χ3v) is 4.43. The molecule has 0 amide bonds. The van der Waals surface area contributed by atoms with E-state index in [0.29, 0.717) is 24.2 Å². The standard InChI is InChI=1S/C17H18N8/c18-6-13-9-23-17(10-21-13)24-16-5-15-12(8-22-16)7-20-11-25(15)14-1-3-19-4-2-14/h5,8-11,14,19H,1-4,7H2,(H,22,23,24). The van der Waals surface area contributed by atoms with Gasteiger partial charge in [0.2, 0.25) is 0 Å². The molecule has 2 aromatic heterocycles. The second-order valence-electron chi connectivity index (χ2n) is 6.07. The normalized spacial score (nSPS) is 17.0. The van der Waals surface area contributed by atoms with E-state index in [4.69, 9.17) is 5.26 Å². The van der Waals surface area contributed by atoms with Gasteiger partial charge in [-0.1, -0.05) is 0 Å². The quantitative estimate of drug-likeness (QED) is 0.878. The van der Waals surface area contributed by atoms with Gasteiger partial charge in [0, 0.05) is 23.9 Å². The lowest BCUT2D eigenvalue weighted by Crippen LogP contribution is -2.43. The van der Waals surface area contributed by atoms with Gasteiger partial charge in [-0.05, 0) is 25.9 Å². The van der Waals surface area contributed by atoms with Gasteiger partial charge < -0.3 is 15.5 Å². The van der Waals surface area contributed by atoms with Crippen molar-refractivity contribution < 1.29 is 0 Å². The third-order valence-electron chi connectivity index (χ3n) is 4.43. The number of piperidine rings is 1. The maximum atomic E-state index is 8.80. The smallest absolute Gasteiger partial charge is 0.158 e. The number of nitrogens with zero attached hydrogens (tertiary/aromatic N) is 6. The molecule has 0 bridgehead atoms.